The van der Waals surface area contributed by atoms with Gasteiger partial charge >= 0.3 is 0 Å². The van der Waals surface area contributed by atoms with E-state index in [1.807, 2.05) is 48.8 Å². The molecule has 0 atom stereocenters. The summed E-state index contributed by atoms with van der Waals surface area (Å²) in [5.41, 5.74) is 3.02. The fraction of sp³-hybridized carbons (Fsp3) is 0.360. The summed E-state index contributed by atoms with van der Waals surface area (Å²) in [7, 11) is 0. The van der Waals surface area contributed by atoms with Crippen molar-refractivity contribution in [3.05, 3.63) is 60.9 Å². The Morgan fingerprint density at radius 3 is 2.14 bits per heavy atom. The lowest BCUT2D eigenvalue weighted by atomic mass is 10.1. The smallest absolute Gasteiger partial charge is 0.159 e. The third-order valence-corrected chi connectivity index (χ3v) is 4.67. The van der Waals surface area contributed by atoms with Gasteiger partial charge in [-0.05, 0) is 42.7 Å². The Morgan fingerprint density at radius 2 is 1.41 bits per heavy atom. The molecule has 29 heavy (non-hydrogen) atoms. The minimum Gasteiger partial charge on any atom is -0.494 e. The predicted octanol–water partition coefficient (Wildman–Crippen LogP) is 6.56. The van der Waals surface area contributed by atoms with Gasteiger partial charge in [0.05, 0.1) is 13.2 Å². The number of benzene rings is 2. The molecule has 3 aromatic rings. The van der Waals surface area contributed by atoms with Gasteiger partial charge in [-0.1, -0.05) is 57.4 Å². The molecule has 0 unspecified atom stereocenters. The summed E-state index contributed by atoms with van der Waals surface area (Å²) in [6, 6.07) is 16.0. The van der Waals surface area contributed by atoms with Gasteiger partial charge in [0.2, 0.25) is 0 Å². The molecule has 4 nitrogen and oxygen atoms in total. The number of rotatable bonds is 11. The Kier molecular flexibility index (Phi) is 8.05. The molecular formula is C25H30N2O2. The van der Waals surface area contributed by atoms with Crippen molar-refractivity contribution in [3.8, 4) is 34.0 Å². The van der Waals surface area contributed by atoms with E-state index < -0.39 is 0 Å². The maximum atomic E-state index is 5.82. The largest absolute Gasteiger partial charge is 0.494 e. The zero-order chi connectivity index (χ0) is 20.3. The minimum atomic E-state index is 0.697. The van der Waals surface area contributed by atoms with Crippen molar-refractivity contribution in [2.75, 3.05) is 13.2 Å². The van der Waals surface area contributed by atoms with Crippen molar-refractivity contribution in [2.24, 2.45) is 0 Å². The summed E-state index contributed by atoms with van der Waals surface area (Å²) >= 11 is 0. The van der Waals surface area contributed by atoms with Crippen LogP contribution in [0.2, 0.25) is 0 Å². The van der Waals surface area contributed by atoms with Crippen LogP contribution < -0.4 is 9.47 Å². The van der Waals surface area contributed by atoms with E-state index in [0.29, 0.717) is 12.4 Å². The second-order valence-electron chi connectivity index (χ2n) is 7.11. The fourth-order valence-corrected chi connectivity index (χ4v) is 3.03. The molecule has 0 amide bonds. The highest BCUT2D eigenvalue weighted by Gasteiger charge is 2.05. The van der Waals surface area contributed by atoms with Crippen LogP contribution >= 0.6 is 0 Å². The maximum absolute atomic E-state index is 5.82. The van der Waals surface area contributed by atoms with Crippen molar-refractivity contribution < 1.29 is 9.47 Å². The Hall–Kier alpha value is -2.88. The summed E-state index contributed by atoms with van der Waals surface area (Å²) < 4.78 is 11.5. The summed E-state index contributed by atoms with van der Waals surface area (Å²) in [4.78, 5) is 9.10. The van der Waals surface area contributed by atoms with Crippen molar-refractivity contribution >= 4 is 0 Å². The lowest BCUT2D eigenvalue weighted by molar-refractivity contribution is 0.305. The molecule has 0 saturated carbocycles. The Labute approximate surface area is 173 Å². The van der Waals surface area contributed by atoms with Gasteiger partial charge in [0, 0.05) is 23.5 Å². The van der Waals surface area contributed by atoms with E-state index in [0.717, 1.165) is 47.6 Å². The normalized spacial score (nSPS) is 10.7. The zero-order valence-electron chi connectivity index (χ0n) is 17.4. The molecule has 3 rings (SSSR count). The number of ether oxygens (including phenoxy) is 2. The topological polar surface area (TPSA) is 44.2 Å². The first kappa shape index (κ1) is 20.8. The van der Waals surface area contributed by atoms with Crippen LogP contribution in [0.5, 0.6) is 11.5 Å². The van der Waals surface area contributed by atoms with E-state index in [9.17, 15) is 0 Å². The van der Waals surface area contributed by atoms with Gasteiger partial charge in [-0.2, -0.15) is 0 Å². The van der Waals surface area contributed by atoms with E-state index in [1.165, 1.54) is 19.3 Å². The first-order valence-electron chi connectivity index (χ1n) is 10.6. The highest BCUT2D eigenvalue weighted by molar-refractivity contribution is 5.64. The lowest BCUT2D eigenvalue weighted by Gasteiger charge is -2.08. The third kappa shape index (κ3) is 6.31. The minimum absolute atomic E-state index is 0.697. The van der Waals surface area contributed by atoms with Gasteiger partial charge in [-0.25, -0.2) is 9.97 Å². The molecule has 0 aliphatic rings. The number of hydrogen-bond donors (Lipinski definition) is 0. The van der Waals surface area contributed by atoms with Gasteiger partial charge < -0.3 is 9.47 Å². The number of unbranched alkanes of at least 4 members (excludes halogenated alkanes) is 3. The molecule has 0 fully saturated rings. The van der Waals surface area contributed by atoms with Crippen LogP contribution in [0.3, 0.4) is 0 Å². The highest BCUT2D eigenvalue weighted by atomic mass is 16.5. The number of aromatic nitrogens is 2. The van der Waals surface area contributed by atoms with Gasteiger partial charge in [0.1, 0.15) is 11.5 Å². The average molecular weight is 391 g/mol. The van der Waals surface area contributed by atoms with Gasteiger partial charge in [0.25, 0.3) is 0 Å². The summed E-state index contributed by atoms with van der Waals surface area (Å²) in [6.45, 7) is 5.80. The van der Waals surface area contributed by atoms with E-state index >= 15 is 0 Å². The van der Waals surface area contributed by atoms with Crippen molar-refractivity contribution in [2.45, 2.75) is 46.0 Å². The lowest BCUT2D eigenvalue weighted by Crippen LogP contribution is -1.97. The molecule has 0 radical (unpaired) electrons. The standard InChI is InChI=1S/C25H30N2O2/c1-3-5-6-7-16-29-23-13-11-20(12-14-23)22-18-26-25(27-19-22)21-9-8-10-24(17-21)28-15-4-2/h8-14,17-19H,3-7,15-16H2,1-2H3. The number of hydrogen-bond acceptors (Lipinski definition) is 4. The Morgan fingerprint density at radius 1 is 0.655 bits per heavy atom. The van der Waals surface area contributed by atoms with Crippen LogP contribution in [0.1, 0.15) is 46.0 Å². The SMILES string of the molecule is CCCCCCOc1ccc(-c2cnc(-c3cccc(OCCC)c3)nc2)cc1. The summed E-state index contributed by atoms with van der Waals surface area (Å²) in [6.07, 6.45) is 9.56. The molecule has 0 N–H and O–H groups in total. The number of nitrogens with zero attached hydrogens (tertiary/aromatic N) is 2. The Bertz CT molecular complexity index is 861. The second-order valence-corrected chi connectivity index (χ2v) is 7.11. The quantitative estimate of drug-likeness (QED) is 0.348. The molecule has 152 valence electrons. The molecule has 0 aliphatic heterocycles. The predicted molar refractivity (Wildman–Crippen MR) is 118 cm³/mol. The van der Waals surface area contributed by atoms with Crippen LogP contribution in [-0.4, -0.2) is 23.2 Å². The zero-order valence-corrected chi connectivity index (χ0v) is 17.4. The van der Waals surface area contributed by atoms with Crippen molar-refractivity contribution in [3.63, 3.8) is 0 Å². The Balaban J connectivity index is 1.61. The average Bonchev–Trinajstić information content (AvgIpc) is 2.78. The molecule has 0 bridgehead atoms. The first-order chi connectivity index (χ1) is 14.3. The van der Waals surface area contributed by atoms with Crippen molar-refractivity contribution in [1.82, 2.24) is 9.97 Å². The van der Waals surface area contributed by atoms with Crippen LogP contribution in [0.15, 0.2) is 60.9 Å². The molecule has 0 saturated heterocycles. The van der Waals surface area contributed by atoms with E-state index in [1.54, 1.807) is 0 Å². The van der Waals surface area contributed by atoms with E-state index in [2.05, 4.69) is 35.9 Å². The van der Waals surface area contributed by atoms with E-state index in [-0.39, 0.29) is 0 Å². The van der Waals surface area contributed by atoms with Crippen LogP contribution in [0.25, 0.3) is 22.5 Å². The van der Waals surface area contributed by atoms with Gasteiger partial charge in [-0.15, -0.1) is 0 Å². The van der Waals surface area contributed by atoms with Gasteiger partial charge in [0.15, 0.2) is 5.82 Å². The monoisotopic (exact) mass is 390 g/mol. The molecule has 1 aromatic heterocycles. The third-order valence-electron chi connectivity index (χ3n) is 4.67. The van der Waals surface area contributed by atoms with Crippen LogP contribution in [-0.2, 0) is 0 Å². The van der Waals surface area contributed by atoms with Crippen molar-refractivity contribution in [1.29, 1.82) is 0 Å². The maximum Gasteiger partial charge on any atom is 0.159 e. The molecule has 4 heteroatoms. The van der Waals surface area contributed by atoms with Crippen LogP contribution in [0, 0.1) is 0 Å². The summed E-state index contributed by atoms with van der Waals surface area (Å²) in [5, 5.41) is 0. The molecule has 1 heterocycles. The van der Waals surface area contributed by atoms with Gasteiger partial charge in [-0.3, -0.25) is 0 Å². The molecule has 0 aliphatic carbocycles. The summed E-state index contributed by atoms with van der Waals surface area (Å²) in [5.74, 6) is 2.46. The molecule has 2 aromatic carbocycles. The second kappa shape index (κ2) is 11.2. The molecular weight excluding hydrogens is 360 g/mol. The van der Waals surface area contributed by atoms with Crippen LogP contribution in [0.4, 0.5) is 0 Å². The highest BCUT2D eigenvalue weighted by Crippen LogP contribution is 2.25. The molecule has 0 spiro atoms. The first-order valence-corrected chi connectivity index (χ1v) is 10.6. The fourth-order valence-electron chi connectivity index (χ4n) is 3.03. The van der Waals surface area contributed by atoms with E-state index in [4.69, 9.17) is 9.47 Å².